The van der Waals surface area contributed by atoms with E-state index in [0.717, 1.165) is 16.2 Å². The zero-order chi connectivity index (χ0) is 16.4. The van der Waals surface area contributed by atoms with Crippen molar-refractivity contribution < 1.29 is 13.9 Å². The van der Waals surface area contributed by atoms with Gasteiger partial charge in [-0.3, -0.25) is 4.79 Å². The molecule has 5 heteroatoms. The van der Waals surface area contributed by atoms with Crippen LogP contribution in [0.3, 0.4) is 0 Å². The Morgan fingerprint density at radius 1 is 1.00 bits per heavy atom. The molecule has 0 saturated heterocycles. The molecule has 0 aliphatic rings. The van der Waals surface area contributed by atoms with E-state index in [4.69, 9.17) is 13.9 Å². The van der Waals surface area contributed by atoms with E-state index in [9.17, 15) is 4.79 Å². The molecule has 0 aliphatic heterocycles. The summed E-state index contributed by atoms with van der Waals surface area (Å²) in [5.41, 5.74) is 1.80. The van der Waals surface area contributed by atoms with Gasteiger partial charge in [-0.15, -0.1) is 11.8 Å². The molecule has 0 spiro atoms. The van der Waals surface area contributed by atoms with Gasteiger partial charge < -0.3 is 13.9 Å². The first-order valence-electron chi connectivity index (χ1n) is 7.00. The molecule has 118 valence electrons. The van der Waals surface area contributed by atoms with Gasteiger partial charge >= 0.3 is 0 Å². The number of ether oxygens (including phenoxy) is 2. The second kappa shape index (κ2) is 6.38. The van der Waals surface area contributed by atoms with Crippen LogP contribution in [0.25, 0.3) is 22.1 Å². The Labute approximate surface area is 138 Å². The van der Waals surface area contributed by atoms with Gasteiger partial charge in [0.25, 0.3) is 0 Å². The molecular weight excluding hydrogens is 312 g/mol. The van der Waals surface area contributed by atoms with E-state index in [1.54, 1.807) is 20.3 Å². The lowest BCUT2D eigenvalue weighted by molar-refractivity contribution is 0.413. The third-order valence-electron chi connectivity index (χ3n) is 3.67. The van der Waals surface area contributed by atoms with E-state index in [0.29, 0.717) is 22.3 Å². The van der Waals surface area contributed by atoms with Crippen LogP contribution in [-0.2, 0) is 0 Å². The quantitative estimate of drug-likeness (QED) is 0.672. The van der Waals surface area contributed by atoms with E-state index >= 15 is 0 Å². The Morgan fingerprint density at radius 3 is 2.30 bits per heavy atom. The highest BCUT2D eigenvalue weighted by atomic mass is 32.2. The van der Waals surface area contributed by atoms with Gasteiger partial charge in [-0.25, -0.2) is 0 Å². The molecule has 0 N–H and O–H groups in total. The van der Waals surface area contributed by atoms with Crippen molar-refractivity contribution in [2.75, 3.05) is 20.5 Å². The maximum absolute atomic E-state index is 12.9. The maximum Gasteiger partial charge on any atom is 0.201 e. The highest BCUT2D eigenvalue weighted by molar-refractivity contribution is 7.98. The van der Waals surface area contributed by atoms with Gasteiger partial charge in [-0.2, -0.15) is 0 Å². The summed E-state index contributed by atoms with van der Waals surface area (Å²) in [6.45, 7) is 0. The van der Waals surface area contributed by atoms with Crippen molar-refractivity contribution in [3.8, 4) is 22.6 Å². The fourth-order valence-electron chi connectivity index (χ4n) is 2.44. The second-order valence-corrected chi connectivity index (χ2v) is 5.76. The minimum Gasteiger partial charge on any atom is -0.497 e. The molecule has 23 heavy (non-hydrogen) atoms. The molecule has 0 saturated carbocycles. The molecule has 0 bridgehead atoms. The predicted octanol–water partition coefficient (Wildman–Crippen LogP) is 4.20. The van der Waals surface area contributed by atoms with Crippen LogP contribution in [0.2, 0.25) is 0 Å². The summed E-state index contributed by atoms with van der Waals surface area (Å²) in [6.07, 6.45) is 3.42. The van der Waals surface area contributed by atoms with Crippen LogP contribution in [-0.4, -0.2) is 20.5 Å². The highest BCUT2D eigenvalue weighted by Crippen LogP contribution is 2.31. The number of thioether (sulfide) groups is 1. The molecule has 2 aromatic carbocycles. The van der Waals surface area contributed by atoms with E-state index in [1.165, 1.54) is 18.0 Å². The van der Waals surface area contributed by atoms with Gasteiger partial charge in [0.15, 0.2) is 0 Å². The fraction of sp³-hybridized carbons (Fsp3) is 0.167. The molecule has 3 rings (SSSR count). The van der Waals surface area contributed by atoms with Crippen LogP contribution >= 0.6 is 11.8 Å². The Balaban J connectivity index is 2.23. The number of rotatable bonds is 4. The van der Waals surface area contributed by atoms with Crippen LogP contribution in [0.4, 0.5) is 0 Å². The van der Waals surface area contributed by atoms with Crippen molar-refractivity contribution >= 4 is 22.7 Å². The third kappa shape index (κ3) is 2.80. The Kier molecular flexibility index (Phi) is 4.30. The summed E-state index contributed by atoms with van der Waals surface area (Å²) >= 11 is 1.49. The largest absolute Gasteiger partial charge is 0.497 e. The minimum absolute atomic E-state index is 0.0524. The van der Waals surface area contributed by atoms with Crippen LogP contribution in [0, 0.1) is 0 Å². The first kappa shape index (κ1) is 15.5. The number of hydrogen-bond acceptors (Lipinski definition) is 5. The molecule has 0 amide bonds. The molecule has 1 heterocycles. The summed E-state index contributed by atoms with van der Waals surface area (Å²) in [7, 11) is 3.20. The van der Waals surface area contributed by atoms with Gasteiger partial charge in [0.1, 0.15) is 23.3 Å². The van der Waals surface area contributed by atoms with Crippen molar-refractivity contribution in [2.45, 2.75) is 4.90 Å². The van der Waals surface area contributed by atoms with Crippen LogP contribution in [0.15, 0.2) is 56.8 Å². The van der Waals surface area contributed by atoms with Gasteiger partial charge in [-0.1, -0.05) is 12.1 Å². The normalized spacial score (nSPS) is 10.7. The van der Waals surface area contributed by atoms with E-state index in [1.807, 2.05) is 36.6 Å². The second-order valence-electron chi connectivity index (χ2n) is 4.91. The molecular formula is C18H16O4S. The monoisotopic (exact) mass is 328 g/mol. The maximum atomic E-state index is 12.9. The lowest BCUT2D eigenvalue weighted by Crippen LogP contribution is -2.06. The number of benzene rings is 2. The van der Waals surface area contributed by atoms with Crippen LogP contribution in [0.5, 0.6) is 11.5 Å². The molecule has 1 aromatic heterocycles. The molecule has 0 aliphatic carbocycles. The average Bonchev–Trinajstić information content (AvgIpc) is 2.61. The Morgan fingerprint density at radius 2 is 1.70 bits per heavy atom. The van der Waals surface area contributed by atoms with Gasteiger partial charge in [0.05, 0.1) is 25.2 Å². The summed E-state index contributed by atoms with van der Waals surface area (Å²) in [6, 6.07) is 10.9. The van der Waals surface area contributed by atoms with Crippen molar-refractivity contribution in [1.82, 2.24) is 0 Å². The third-order valence-corrected chi connectivity index (χ3v) is 4.43. The van der Waals surface area contributed by atoms with Gasteiger partial charge in [0.2, 0.25) is 5.43 Å². The summed E-state index contributed by atoms with van der Waals surface area (Å²) in [5, 5.41) is 0.576. The molecule has 4 nitrogen and oxygen atoms in total. The Hall–Kier alpha value is -2.40. The average molecular weight is 328 g/mol. The smallest absolute Gasteiger partial charge is 0.201 e. The van der Waals surface area contributed by atoms with E-state index in [-0.39, 0.29) is 5.43 Å². The van der Waals surface area contributed by atoms with Crippen LogP contribution in [0.1, 0.15) is 0 Å². The van der Waals surface area contributed by atoms with Gasteiger partial charge in [-0.05, 0) is 30.0 Å². The lowest BCUT2D eigenvalue weighted by Gasteiger charge is -2.08. The minimum atomic E-state index is -0.0524. The SMILES string of the molecule is COc1ccc(-c2coc3cc(OC)cc(SC)c3c2=O)cc1. The number of fused-ring (bicyclic) bond motifs is 1. The van der Waals surface area contributed by atoms with Crippen molar-refractivity contribution in [3.05, 3.63) is 52.9 Å². The predicted molar refractivity (Wildman–Crippen MR) is 92.8 cm³/mol. The van der Waals surface area contributed by atoms with Crippen molar-refractivity contribution in [2.24, 2.45) is 0 Å². The summed E-state index contributed by atoms with van der Waals surface area (Å²) in [4.78, 5) is 13.8. The molecule has 0 atom stereocenters. The lowest BCUT2D eigenvalue weighted by atomic mass is 10.1. The highest BCUT2D eigenvalue weighted by Gasteiger charge is 2.14. The zero-order valence-corrected chi connectivity index (χ0v) is 13.9. The number of methoxy groups -OCH3 is 2. The molecule has 3 aromatic rings. The first-order valence-corrected chi connectivity index (χ1v) is 8.22. The first-order chi connectivity index (χ1) is 11.2. The van der Waals surface area contributed by atoms with Crippen molar-refractivity contribution in [3.63, 3.8) is 0 Å². The summed E-state index contributed by atoms with van der Waals surface area (Å²) < 4.78 is 16.1. The topological polar surface area (TPSA) is 48.7 Å². The fourth-order valence-corrected chi connectivity index (χ4v) is 3.07. The standard InChI is InChI=1S/C18H16O4S/c1-20-12-6-4-11(5-7-12)14-10-22-15-8-13(21-2)9-16(23-3)17(15)18(14)19/h4-10H,1-3H3. The van der Waals surface area contributed by atoms with E-state index < -0.39 is 0 Å². The zero-order valence-electron chi connectivity index (χ0n) is 13.1. The van der Waals surface area contributed by atoms with E-state index in [2.05, 4.69) is 0 Å². The number of hydrogen-bond donors (Lipinski definition) is 0. The molecule has 0 unspecified atom stereocenters. The molecule has 0 fully saturated rings. The van der Waals surface area contributed by atoms with Crippen molar-refractivity contribution in [1.29, 1.82) is 0 Å². The molecule has 0 radical (unpaired) electrons. The summed E-state index contributed by atoms with van der Waals surface area (Å²) in [5.74, 6) is 1.41. The Bertz CT molecular complexity index is 897. The van der Waals surface area contributed by atoms with Crippen LogP contribution < -0.4 is 14.9 Å². The van der Waals surface area contributed by atoms with Gasteiger partial charge in [0, 0.05) is 11.0 Å².